The molecular formula is C17H18N2O3S2. The van der Waals surface area contributed by atoms with Crippen LogP contribution in [0.15, 0.2) is 34.5 Å². The number of aromatic nitrogens is 1. The SMILES string of the molecule is Cc1nc(CSc2ccc(C(=O)NC3(C(=O)O)CCC3)cc2)cs1. The number of hydrogen-bond donors (Lipinski definition) is 2. The van der Waals surface area contributed by atoms with Crippen LogP contribution in [0.1, 0.15) is 40.3 Å². The van der Waals surface area contributed by atoms with Gasteiger partial charge in [0.1, 0.15) is 5.54 Å². The van der Waals surface area contributed by atoms with E-state index in [1.807, 2.05) is 24.4 Å². The Labute approximate surface area is 148 Å². The molecule has 1 aromatic heterocycles. The minimum absolute atomic E-state index is 0.330. The monoisotopic (exact) mass is 362 g/mol. The fourth-order valence-corrected chi connectivity index (χ4v) is 4.06. The van der Waals surface area contributed by atoms with E-state index >= 15 is 0 Å². The summed E-state index contributed by atoms with van der Waals surface area (Å²) in [6.45, 7) is 1.98. The Kier molecular flexibility index (Phi) is 4.91. The maximum Gasteiger partial charge on any atom is 0.329 e. The van der Waals surface area contributed by atoms with E-state index in [1.54, 1.807) is 35.2 Å². The molecule has 0 atom stereocenters. The standard InChI is InChI=1S/C17H18N2O3S2/c1-11-18-13(9-23-11)10-24-14-5-3-12(4-6-14)15(20)19-17(16(21)22)7-2-8-17/h3-6,9H,2,7-8,10H2,1H3,(H,19,20)(H,21,22). The maximum absolute atomic E-state index is 12.3. The molecule has 2 N–H and O–H groups in total. The Bertz CT molecular complexity index is 751. The smallest absolute Gasteiger partial charge is 0.329 e. The van der Waals surface area contributed by atoms with E-state index in [4.69, 9.17) is 0 Å². The summed E-state index contributed by atoms with van der Waals surface area (Å²) in [7, 11) is 0. The predicted molar refractivity (Wildman–Crippen MR) is 94.5 cm³/mol. The number of hydrogen-bond acceptors (Lipinski definition) is 5. The molecule has 1 aliphatic carbocycles. The third-order valence-electron chi connectivity index (χ3n) is 4.14. The highest BCUT2D eigenvalue weighted by atomic mass is 32.2. The van der Waals surface area contributed by atoms with Crippen LogP contribution in [0.25, 0.3) is 0 Å². The minimum Gasteiger partial charge on any atom is -0.480 e. The first kappa shape index (κ1) is 17.0. The summed E-state index contributed by atoms with van der Waals surface area (Å²) in [5, 5.41) is 15.1. The summed E-state index contributed by atoms with van der Waals surface area (Å²) < 4.78 is 0. The Morgan fingerprint density at radius 3 is 2.54 bits per heavy atom. The van der Waals surface area contributed by atoms with E-state index in [0.717, 1.165) is 27.8 Å². The Hall–Kier alpha value is -1.86. The molecule has 5 nitrogen and oxygen atoms in total. The van der Waals surface area contributed by atoms with Crippen molar-refractivity contribution >= 4 is 35.0 Å². The number of rotatable bonds is 6. The first-order chi connectivity index (χ1) is 11.5. The molecule has 0 saturated heterocycles. The molecule has 1 fully saturated rings. The van der Waals surface area contributed by atoms with Crippen LogP contribution in [0.5, 0.6) is 0 Å². The Balaban J connectivity index is 1.59. The number of benzene rings is 1. The van der Waals surface area contributed by atoms with Gasteiger partial charge in [0.2, 0.25) is 0 Å². The molecule has 1 aromatic carbocycles. The third kappa shape index (κ3) is 3.62. The normalized spacial score (nSPS) is 15.5. The predicted octanol–water partition coefficient (Wildman–Crippen LogP) is 3.48. The second kappa shape index (κ2) is 6.94. The second-order valence-electron chi connectivity index (χ2n) is 5.87. The van der Waals surface area contributed by atoms with Gasteiger partial charge in [-0.3, -0.25) is 4.79 Å². The molecule has 24 heavy (non-hydrogen) atoms. The lowest BCUT2D eigenvalue weighted by Gasteiger charge is -2.38. The van der Waals surface area contributed by atoms with Crippen LogP contribution in [0.2, 0.25) is 0 Å². The van der Waals surface area contributed by atoms with Gasteiger partial charge in [-0.25, -0.2) is 9.78 Å². The van der Waals surface area contributed by atoms with Crippen molar-refractivity contribution in [2.75, 3.05) is 0 Å². The Morgan fingerprint density at radius 1 is 1.33 bits per heavy atom. The molecule has 0 spiro atoms. The highest BCUT2D eigenvalue weighted by Gasteiger charge is 2.45. The average Bonchev–Trinajstić information content (AvgIpc) is 2.94. The van der Waals surface area contributed by atoms with Gasteiger partial charge >= 0.3 is 5.97 Å². The molecule has 1 amide bonds. The van der Waals surface area contributed by atoms with E-state index in [0.29, 0.717) is 18.4 Å². The van der Waals surface area contributed by atoms with E-state index in [9.17, 15) is 14.7 Å². The molecule has 0 aliphatic heterocycles. The van der Waals surface area contributed by atoms with Crippen molar-refractivity contribution < 1.29 is 14.7 Å². The first-order valence-electron chi connectivity index (χ1n) is 7.68. The van der Waals surface area contributed by atoms with Crippen molar-refractivity contribution in [1.29, 1.82) is 0 Å². The van der Waals surface area contributed by atoms with Gasteiger partial charge in [0.25, 0.3) is 5.91 Å². The lowest BCUT2D eigenvalue weighted by Crippen LogP contribution is -2.59. The summed E-state index contributed by atoms with van der Waals surface area (Å²) in [5.41, 5.74) is 0.460. The highest BCUT2D eigenvalue weighted by molar-refractivity contribution is 7.98. The molecule has 1 heterocycles. The topological polar surface area (TPSA) is 79.3 Å². The molecule has 1 aliphatic rings. The molecule has 0 radical (unpaired) electrons. The van der Waals surface area contributed by atoms with Crippen molar-refractivity contribution in [3.63, 3.8) is 0 Å². The number of aliphatic carboxylic acids is 1. The summed E-state index contributed by atoms with van der Waals surface area (Å²) in [4.78, 5) is 29.1. The van der Waals surface area contributed by atoms with Gasteiger partial charge in [0.05, 0.1) is 10.7 Å². The molecule has 3 rings (SSSR count). The van der Waals surface area contributed by atoms with Gasteiger partial charge in [-0.05, 0) is 50.5 Å². The number of carbonyl (C=O) groups excluding carboxylic acids is 1. The van der Waals surface area contributed by atoms with Crippen LogP contribution >= 0.6 is 23.1 Å². The molecule has 126 valence electrons. The number of nitrogens with zero attached hydrogens (tertiary/aromatic N) is 1. The highest BCUT2D eigenvalue weighted by Crippen LogP contribution is 2.32. The van der Waals surface area contributed by atoms with E-state index in [1.165, 1.54) is 0 Å². The van der Waals surface area contributed by atoms with Crippen molar-refractivity contribution in [2.45, 2.75) is 42.4 Å². The number of thioether (sulfide) groups is 1. The number of carboxylic acid groups (broad SMARTS) is 1. The van der Waals surface area contributed by atoms with Crippen LogP contribution < -0.4 is 5.32 Å². The van der Waals surface area contributed by atoms with Gasteiger partial charge in [0, 0.05) is 21.6 Å². The van der Waals surface area contributed by atoms with E-state index in [2.05, 4.69) is 10.3 Å². The van der Waals surface area contributed by atoms with Crippen LogP contribution in [-0.4, -0.2) is 27.5 Å². The maximum atomic E-state index is 12.3. The van der Waals surface area contributed by atoms with Crippen LogP contribution in [-0.2, 0) is 10.5 Å². The molecule has 1 saturated carbocycles. The number of carboxylic acids is 1. The lowest BCUT2D eigenvalue weighted by molar-refractivity contribution is -0.148. The lowest BCUT2D eigenvalue weighted by atomic mass is 9.76. The van der Waals surface area contributed by atoms with Crippen LogP contribution in [0.4, 0.5) is 0 Å². The fourth-order valence-electron chi connectivity index (χ4n) is 2.55. The molecule has 0 unspecified atom stereocenters. The average molecular weight is 362 g/mol. The van der Waals surface area contributed by atoms with Crippen molar-refractivity contribution in [3.05, 3.63) is 45.9 Å². The number of carbonyl (C=O) groups is 2. The van der Waals surface area contributed by atoms with Crippen molar-refractivity contribution in [3.8, 4) is 0 Å². The van der Waals surface area contributed by atoms with Gasteiger partial charge in [-0.1, -0.05) is 0 Å². The van der Waals surface area contributed by atoms with Gasteiger partial charge in [-0.15, -0.1) is 23.1 Å². The summed E-state index contributed by atoms with van der Waals surface area (Å²) in [6.07, 6.45) is 1.82. The second-order valence-corrected chi connectivity index (χ2v) is 7.98. The number of thiazole rings is 1. The Morgan fingerprint density at radius 2 is 2.04 bits per heavy atom. The molecule has 7 heteroatoms. The van der Waals surface area contributed by atoms with Gasteiger partial charge in [0.15, 0.2) is 0 Å². The van der Waals surface area contributed by atoms with E-state index < -0.39 is 11.5 Å². The summed E-state index contributed by atoms with van der Waals surface area (Å²) in [6, 6.07) is 7.23. The van der Waals surface area contributed by atoms with Gasteiger partial charge in [-0.2, -0.15) is 0 Å². The molecule has 0 bridgehead atoms. The largest absolute Gasteiger partial charge is 0.480 e. The van der Waals surface area contributed by atoms with E-state index in [-0.39, 0.29) is 5.91 Å². The van der Waals surface area contributed by atoms with Crippen molar-refractivity contribution in [1.82, 2.24) is 10.3 Å². The van der Waals surface area contributed by atoms with Crippen molar-refractivity contribution in [2.24, 2.45) is 0 Å². The zero-order valence-electron chi connectivity index (χ0n) is 13.2. The molecular weight excluding hydrogens is 344 g/mol. The summed E-state index contributed by atoms with van der Waals surface area (Å²) >= 11 is 3.30. The zero-order chi connectivity index (χ0) is 17.2. The quantitative estimate of drug-likeness (QED) is 0.769. The van der Waals surface area contributed by atoms with Crippen LogP contribution in [0, 0.1) is 6.92 Å². The number of aryl methyl sites for hydroxylation is 1. The van der Waals surface area contributed by atoms with Gasteiger partial charge < -0.3 is 10.4 Å². The number of nitrogens with one attached hydrogen (secondary N) is 1. The first-order valence-corrected chi connectivity index (χ1v) is 9.55. The minimum atomic E-state index is -1.08. The third-order valence-corrected chi connectivity index (χ3v) is 6.01. The molecule has 2 aromatic rings. The fraction of sp³-hybridized carbons (Fsp3) is 0.353. The zero-order valence-corrected chi connectivity index (χ0v) is 14.9. The number of amides is 1. The summed E-state index contributed by atoms with van der Waals surface area (Å²) in [5.74, 6) is -0.491. The van der Waals surface area contributed by atoms with Crippen LogP contribution in [0.3, 0.4) is 0 Å².